The molecule has 0 unspecified atom stereocenters. The lowest BCUT2D eigenvalue weighted by Gasteiger charge is -1.99. The van der Waals surface area contributed by atoms with Crippen LogP contribution in [-0.2, 0) is 0 Å². The summed E-state index contributed by atoms with van der Waals surface area (Å²) in [6.45, 7) is 2.07. The van der Waals surface area contributed by atoms with E-state index in [1.807, 2.05) is 36.4 Å². The molecule has 3 aromatic rings. The summed E-state index contributed by atoms with van der Waals surface area (Å²) in [7, 11) is 0. The van der Waals surface area contributed by atoms with E-state index in [0.29, 0.717) is 10.6 Å². The van der Waals surface area contributed by atoms with Gasteiger partial charge in [-0.1, -0.05) is 30.3 Å². The van der Waals surface area contributed by atoms with Gasteiger partial charge in [-0.05, 0) is 31.3 Å². The first-order valence-corrected chi connectivity index (χ1v) is 7.30. The van der Waals surface area contributed by atoms with E-state index >= 15 is 0 Å². The minimum absolute atomic E-state index is 0.480. The van der Waals surface area contributed by atoms with Crippen LogP contribution in [0.5, 0.6) is 0 Å². The highest BCUT2D eigenvalue weighted by molar-refractivity contribution is 7.71. The molecule has 0 aliphatic carbocycles. The standard InChI is InChI=1S/C14H12N4S2/c1-10-7-8-12(20-10)9-15-18-13(16-17-14(18)19)11-5-3-2-4-6-11/h2-9H,1H3,(H,17,19)/b15-9-. The quantitative estimate of drug-likeness (QED) is 0.590. The lowest BCUT2D eigenvalue weighted by Crippen LogP contribution is -1.94. The van der Waals surface area contributed by atoms with Crippen LogP contribution in [-0.4, -0.2) is 21.1 Å². The Bertz CT molecular complexity index is 796. The highest BCUT2D eigenvalue weighted by Gasteiger charge is 2.07. The van der Waals surface area contributed by atoms with Crippen molar-refractivity contribution in [1.82, 2.24) is 14.9 Å². The number of benzene rings is 1. The monoisotopic (exact) mass is 300 g/mol. The predicted octanol–water partition coefficient (Wildman–Crippen LogP) is 3.86. The highest BCUT2D eigenvalue weighted by atomic mass is 32.1. The first-order valence-electron chi connectivity index (χ1n) is 6.08. The maximum absolute atomic E-state index is 5.23. The van der Waals surface area contributed by atoms with Gasteiger partial charge in [0.1, 0.15) is 0 Å². The van der Waals surface area contributed by atoms with Crippen molar-refractivity contribution < 1.29 is 0 Å². The van der Waals surface area contributed by atoms with Crippen LogP contribution in [0, 0.1) is 11.7 Å². The Labute approximate surface area is 125 Å². The molecular weight excluding hydrogens is 288 g/mol. The maximum atomic E-state index is 5.23. The van der Waals surface area contributed by atoms with Crippen molar-refractivity contribution in [3.8, 4) is 11.4 Å². The van der Waals surface area contributed by atoms with Crippen molar-refractivity contribution in [2.24, 2.45) is 5.10 Å². The number of nitrogens with one attached hydrogen (secondary N) is 1. The number of hydrogen-bond donors (Lipinski definition) is 1. The summed E-state index contributed by atoms with van der Waals surface area (Å²) in [5, 5.41) is 11.5. The molecule has 0 aliphatic rings. The molecule has 3 rings (SSSR count). The summed E-state index contributed by atoms with van der Waals surface area (Å²) in [4.78, 5) is 2.34. The van der Waals surface area contributed by atoms with Crippen LogP contribution in [0.2, 0.25) is 0 Å². The highest BCUT2D eigenvalue weighted by Crippen LogP contribution is 2.17. The Kier molecular flexibility index (Phi) is 3.58. The van der Waals surface area contributed by atoms with Gasteiger partial charge in [0.15, 0.2) is 5.82 Å². The van der Waals surface area contributed by atoms with Crippen LogP contribution < -0.4 is 0 Å². The lowest BCUT2D eigenvalue weighted by atomic mass is 10.2. The molecule has 0 fully saturated rings. The number of aryl methyl sites for hydroxylation is 1. The van der Waals surface area contributed by atoms with Crippen LogP contribution >= 0.6 is 23.6 Å². The molecule has 0 bridgehead atoms. The molecule has 2 heterocycles. The topological polar surface area (TPSA) is 46.0 Å². The fourth-order valence-corrected chi connectivity index (χ4v) is 2.73. The van der Waals surface area contributed by atoms with Crippen molar-refractivity contribution in [1.29, 1.82) is 0 Å². The zero-order chi connectivity index (χ0) is 13.9. The fourth-order valence-electron chi connectivity index (χ4n) is 1.81. The second-order valence-electron chi connectivity index (χ2n) is 4.22. The van der Waals surface area contributed by atoms with Gasteiger partial charge in [0.2, 0.25) is 4.77 Å². The molecule has 20 heavy (non-hydrogen) atoms. The third kappa shape index (κ3) is 2.61. The molecular formula is C14H12N4S2. The summed E-state index contributed by atoms with van der Waals surface area (Å²) in [5.74, 6) is 0.708. The fraction of sp³-hybridized carbons (Fsp3) is 0.0714. The Hall–Kier alpha value is -2.05. The van der Waals surface area contributed by atoms with Crippen LogP contribution in [0.15, 0.2) is 47.6 Å². The second kappa shape index (κ2) is 5.52. The van der Waals surface area contributed by atoms with Crippen LogP contribution in [0.1, 0.15) is 9.75 Å². The lowest BCUT2D eigenvalue weighted by molar-refractivity contribution is 0.872. The van der Waals surface area contributed by atoms with Gasteiger partial charge in [0, 0.05) is 15.3 Å². The van der Waals surface area contributed by atoms with Crippen LogP contribution in [0.25, 0.3) is 11.4 Å². The van der Waals surface area contributed by atoms with Crippen LogP contribution in [0.4, 0.5) is 0 Å². The van der Waals surface area contributed by atoms with Crippen molar-refractivity contribution in [3.05, 3.63) is 57.0 Å². The SMILES string of the molecule is Cc1ccc(/C=N\n2c(-c3ccccc3)n[nH]c2=S)s1. The Morgan fingerprint density at radius 2 is 2.05 bits per heavy atom. The van der Waals surface area contributed by atoms with Crippen molar-refractivity contribution in [2.45, 2.75) is 6.92 Å². The van der Waals surface area contributed by atoms with Gasteiger partial charge in [-0.2, -0.15) is 14.9 Å². The summed E-state index contributed by atoms with van der Waals surface area (Å²) in [6, 6.07) is 14.0. The minimum Gasteiger partial charge on any atom is -0.250 e. The molecule has 1 aromatic carbocycles. The van der Waals surface area contributed by atoms with E-state index < -0.39 is 0 Å². The van der Waals surface area contributed by atoms with E-state index in [9.17, 15) is 0 Å². The van der Waals surface area contributed by atoms with Gasteiger partial charge >= 0.3 is 0 Å². The number of nitrogens with zero attached hydrogens (tertiary/aromatic N) is 3. The Morgan fingerprint density at radius 1 is 1.25 bits per heavy atom. The predicted molar refractivity (Wildman–Crippen MR) is 84.9 cm³/mol. The molecule has 4 nitrogen and oxygen atoms in total. The zero-order valence-electron chi connectivity index (χ0n) is 10.8. The van der Waals surface area contributed by atoms with E-state index in [-0.39, 0.29) is 0 Å². The molecule has 100 valence electrons. The first-order chi connectivity index (χ1) is 9.74. The molecule has 0 radical (unpaired) electrons. The molecule has 0 saturated carbocycles. The normalized spacial score (nSPS) is 11.2. The molecule has 0 atom stereocenters. The molecule has 0 saturated heterocycles. The van der Waals surface area contributed by atoms with E-state index in [1.165, 1.54) is 4.88 Å². The zero-order valence-corrected chi connectivity index (χ0v) is 12.4. The maximum Gasteiger partial charge on any atom is 0.216 e. The average Bonchev–Trinajstić information content (AvgIpc) is 3.04. The number of thiophene rings is 1. The molecule has 6 heteroatoms. The number of H-pyrrole nitrogens is 1. The summed E-state index contributed by atoms with van der Waals surface area (Å²) in [5.41, 5.74) is 0.972. The van der Waals surface area contributed by atoms with Gasteiger partial charge in [-0.3, -0.25) is 0 Å². The summed E-state index contributed by atoms with van der Waals surface area (Å²) in [6.07, 6.45) is 1.80. The largest absolute Gasteiger partial charge is 0.250 e. The van der Waals surface area contributed by atoms with Gasteiger partial charge in [0.25, 0.3) is 0 Å². The smallest absolute Gasteiger partial charge is 0.216 e. The Morgan fingerprint density at radius 3 is 2.75 bits per heavy atom. The van der Waals surface area contributed by atoms with Crippen molar-refractivity contribution in [2.75, 3.05) is 0 Å². The number of rotatable bonds is 3. The van der Waals surface area contributed by atoms with Gasteiger partial charge < -0.3 is 0 Å². The van der Waals surface area contributed by atoms with Gasteiger partial charge in [-0.25, -0.2) is 5.10 Å². The third-order valence-corrected chi connectivity index (χ3v) is 3.94. The van der Waals surface area contributed by atoms with E-state index in [2.05, 4.69) is 28.3 Å². The number of aromatic amines is 1. The van der Waals surface area contributed by atoms with Crippen LogP contribution in [0.3, 0.4) is 0 Å². The van der Waals surface area contributed by atoms with Crippen molar-refractivity contribution >= 4 is 29.8 Å². The summed E-state index contributed by atoms with van der Waals surface area (Å²) < 4.78 is 2.12. The average molecular weight is 300 g/mol. The number of aromatic nitrogens is 3. The van der Waals surface area contributed by atoms with E-state index in [0.717, 1.165) is 10.4 Å². The second-order valence-corrected chi connectivity index (χ2v) is 5.93. The third-order valence-electron chi connectivity index (χ3n) is 2.74. The Balaban J connectivity index is 2.00. The molecule has 1 N–H and O–H groups in total. The van der Waals surface area contributed by atoms with Gasteiger partial charge in [0.05, 0.1) is 6.21 Å². The number of hydrogen-bond acceptors (Lipinski definition) is 4. The summed E-state index contributed by atoms with van der Waals surface area (Å²) >= 11 is 6.92. The molecule has 0 spiro atoms. The minimum atomic E-state index is 0.480. The van der Waals surface area contributed by atoms with Gasteiger partial charge in [-0.15, -0.1) is 11.3 Å². The molecule has 0 aliphatic heterocycles. The molecule has 0 amide bonds. The first kappa shape index (κ1) is 13.0. The van der Waals surface area contributed by atoms with Crippen molar-refractivity contribution in [3.63, 3.8) is 0 Å². The molecule has 2 aromatic heterocycles. The van der Waals surface area contributed by atoms with E-state index in [4.69, 9.17) is 12.2 Å². The van der Waals surface area contributed by atoms with E-state index in [1.54, 1.807) is 22.2 Å².